The topological polar surface area (TPSA) is 119 Å². The van der Waals surface area contributed by atoms with Gasteiger partial charge in [-0.3, -0.25) is 4.79 Å². The average Bonchev–Trinajstić information content (AvgIpc) is 2.69. The Balaban J connectivity index is 2.46. The summed E-state index contributed by atoms with van der Waals surface area (Å²) in [5.41, 5.74) is 5.54. The number of carbonyl (C=O) groups is 1. The van der Waals surface area contributed by atoms with E-state index < -0.39 is 22.0 Å². The molecule has 1 aliphatic rings. The zero-order valence-corrected chi connectivity index (χ0v) is 11.5. The Kier molecular flexibility index (Phi) is 3.61. The summed E-state index contributed by atoms with van der Waals surface area (Å²) < 4.78 is 31.2. The summed E-state index contributed by atoms with van der Waals surface area (Å²) in [5, 5.41) is 6.58. The molecule has 1 saturated heterocycles. The number of hydrogen-bond acceptors (Lipinski definition) is 6. The molecule has 1 aromatic heterocycles. The van der Waals surface area contributed by atoms with Crippen molar-refractivity contribution >= 4 is 15.9 Å². The van der Waals surface area contributed by atoms with Gasteiger partial charge in [-0.2, -0.15) is 4.31 Å². The number of aromatic nitrogens is 1. The van der Waals surface area contributed by atoms with Crippen molar-refractivity contribution in [2.24, 2.45) is 5.73 Å². The van der Waals surface area contributed by atoms with Crippen LogP contribution in [0.1, 0.15) is 11.5 Å². The maximum atomic E-state index is 12.6. The maximum absolute atomic E-state index is 12.6. The lowest BCUT2D eigenvalue weighted by atomic mass is 10.2. The van der Waals surface area contributed by atoms with Crippen LogP contribution >= 0.6 is 0 Å². The first kappa shape index (κ1) is 14.0. The smallest absolute Gasteiger partial charge is 0.249 e. The highest BCUT2D eigenvalue weighted by Gasteiger charge is 2.39. The maximum Gasteiger partial charge on any atom is 0.249 e. The highest BCUT2D eigenvalue weighted by Crippen LogP contribution is 2.25. The molecule has 0 spiro atoms. The van der Waals surface area contributed by atoms with Crippen molar-refractivity contribution in [3.63, 3.8) is 0 Å². The molecule has 1 aliphatic heterocycles. The van der Waals surface area contributed by atoms with Gasteiger partial charge in [-0.1, -0.05) is 5.16 Å². The normalized spacial score (nSPS) is 21.5. The summed E-state index contributed by atoms with van der Waals surface area (Å²) in [7, 11) is -3.84. The monoisotopic (exact) mass is 288 g/mol. The van der Waals surface area contributed by atoms with Crippen LogP contribution in [0.4, 0.5) is 0 Å². The lowest BCUT2D eigenvalue weighted by Crippen LogP contribution is -2.58. The van der Waals surface area contributed by atoms with Crippen molar-refractivity contribution in [2.45, 2.75) is 24.8 Å². The third-order valence-corrected chi connectivity index (χ3v) is 5.21. The predicted molar refractivity (Wildman–Crippen MR) is 65.7 cm³/mol. The largest absolute Gasteiger partial charge is 0.368 e. The molecule has 0 saturated carbocycles. The van der Waals surface area contributed by atoms with E-state index in [4.69, 9.17) is 10.3 Å². The first-order valence-electron chi connectivity index (χ1n) is 5.80. The van der Waals surface area contributed by atoms with Crippen molar-refractivity contribution in [1.29, 1.82) is 0 Å². The van der Waals surface area contributed by atoms with Gasteiger partial charge in [0.1, 0.15) is 16.6 Å². The van der Waals surface area contributed by atoms with E-state index in [1.54, 1.807) is 6.92 Å². The van der Waals surface area contributed by atoms with Gasteiger partial charge in [0, 0.05) is 19.6 Å². The van der Waals surface area contributed by atoms with Gasteiger partial charge in [0.15, 0.2) is 5.76 Å². The zero-order chi connectivity index (χ0) is 14.2. The molecular weight excluding hydrogens is 272 g/mol. The Morgan fingerprint density at radius 1 is 1.53 bits per heavy atom. The van der Waals surface area contributed by atoms with Crippen molar-refractivity contribution in [2.75, 3.05) is 19.6 Å². The van der Waals surface area contributed by atoms with Gasteiger partial charge in [0.2, 0.25) is 15.9 Å². The number of primary amides is 1. The molecule has 1 fully saturated rings. The van der Waals surface area contributed by atoms with E-state index in [9.17, 15) is 13.2 Å². The predicted octanol–water partition coefficient (Wildman–Crippen LogP) is -1.26. The third-order valence-electron chi connectivity index (χ3n) is 3.06. The third kappa shape index (κ3) is 2.36. The first-order valence-corrected chi connectivity index (χ1v) is 7.24. The molecule has 0 aliphatic carbocycles. The molecule has 3 N–H and O–H groups in total. The van der Waals surface area contributed by atoms with Gasteiger partial charge in [-0.05, 0) is 13.8 Å². The van der Waals surface area contributed by atoms with Gasteiger partial charge >= 0.3 is 0 Å². The second kappa shape index (κ2) is 4.91. The number of piperazine rings is 1. The molecule has 106 valence electrons. The number of hydrogen-bond donors (Lipinski definition) is 2. The summed E-state index contributed by atoms with van der Waals surface area (Å²) in [5.74, 6) is -0.471. The van der Waals surface area contributed by atoms with Gasteiger partial charge in [0.25, 0.3) is 0 Å². The lowest BCUT2D eigenvalue weighted by molar-refractivity contribution is -0.122. The number of rotatable bonds is 3. The SMILES string of the molecule is Cc1noc(C)c1S(=O)(=O)N1CCNCC1C(N)=O. The molecule has 0 bridgehead atoms. The Hall–Kier alpha value is -1.45. The zero-order valence-electron chi connectivity index (χ0n) is 10.7. The van der Waals surface area contributed by atoms with Crippen LogP contribution < -0.4 is 11.1 Å². The summed E-state index contributed by atoms with van der Waals surface area (Å²) in [4.78, 5) is 11.4. The number of sulfonamides is 1. The first-order chi connectivity index (χ1) is 8.85. The van der Waals surface area contributed by atoms with Crippen LogP contribution in [0, 0.1) is 13.8 Å². The molecular formula is C10H16N4O4S. The molecule has 0 radical (unpaired) electrons. The minimum atomic E-state index is -3.84. The van der Waals surface area contributed by atoms with Gasteiger partial charge < -0.3 is 15.6 Å². The minimum absolute atomic E-state index is 0.0145. The standard InChI is InChI=1S/C10H16N4O4S/c1-6-9(7(2)18-13-6)19(16,17)14-4-3-12-5-8(14)10(11)15/h8,12H,3-5H2,1-2H3,(H2,11,15). The molecule has 19 heavy (non-hydrogen) atoms. The second-order valence-corrected chi connectivity index (χ2v) is 6.22. The number of nitrogens with one attached hydrogen (secondary N) is 1. The van der Waals surface area contributed by atoms with Gasteiger partial charge in [0.05, 0.1) is 0 Å². The average molecular weight is 288 g/mol. The molecule has 1 unspecified atom stereocenters. The van der Waals surface area contributed by atoms with Crippen LogP contribution in [-0.4, -0.2) is 49.5 Å². The Labute approximate surface area is 111 Å². The highest BCUT2D eigenvalue weighted by molar-refractivity contribution is 7.89. The molecule has 0 aromatic carbocycles. The summed E-state index contributed by atoms with van der Waals surface area (Å²) >= 11 is 0. The van der Waals surface area contributed by atoms with Crippen molar-refractivity contribution in [3.05, 3.63) is 11.5 Å². The van der Waals surface area contributed by atoms with Crippen LogP contribution in [0.25, 0.3) is 0 Å². The minimum Gasteiger partial charge on any atom is -0.368 e. The summed E-state index contributed by atoms with van der Waals surface area (Å²) in [6.45, 7) is 3.92. The van der Waals surface area contributed by atoms with Gasteiger partial charge in [-0.15, -0.1) is 0 Å². The lowest BCUT2D eigenvalue weighted by Gasteiger charge is -2.32. The fourth-order valence-corrected chi connectivity index (χ4v) is 4.07. The summed E-state index contributed by atoms with van der Waals surface area (Å²) in [6, 6.07) is -0.896. The molecule has 1 atom stereocenters. The Bertz CT molecular complexity index is 575. The van der Waals surface area contributed by atoms with E-state index in [-0.39, 0.29) is 29.4 Å². The van der Waals surface area contributed by atoms with E-state index in [0.717, 1.165) is 4.31 Å². The van der Waals surface area contributed by atoms with Crippen LogP contribution in [0.2, 0.25) is 0 Å². The van der Waals surface area contributed by atoms with Gasteiger partial charge in [-0.25, -0.2) is 8.42 Å². The fraction of sp³-hybridized carbons (Fsp3) is 0.600. The quantitative estimate of drug-likeness (QED) is 0.716. The van der Waals surface area contributed by atoms with Crippen molar-refractivity contribution in [1.82, 2.24) is 14.8 Å². The van der Waals surface area contributed by atoms with E-state index in [1.165, 1.54) is 6.92 Å². The second-order valence-electron chi connectivity index (χ2n) is 4.39. The molecule has 9 heteroatoms. The van der Waals surface area contributed by atoms with Crippen LogP contribution in [0.5, 0.6) is 0 Å². The number of nitrogens with two attached hydrogens (primary N) is 1. The molecule has 8 nitrogen and oxygen atoms in total. The van der Waals surface area contributed by atoms with Crippen molar-refractivity contribution in [3.8, 4) is 0 Å². The van der Waals surface area contributed by atoms with E-state index in [1.807, 2.05) is 0 Å². The number of amides is 1. The molecule has 2 heterocycles. The fourth-order valence-electron chi connectivity index (χ4n) is 2.18. The van der Waals surface area contributed by atoms with E-state index in [0.29, 0.717) is 6.54 Å². The Morgan fingerprint density at radius 3 is 2.74 bits per heavy atom. The van der Waals surface area contributed by atoms with E-state index >= 15 is 0 Å². The molecule has 2 rings (SSSR count). The highest BCUT2D eigenvalue weighted by atomic mass is 32.2. The number of nitrogens with zero attached hydrogens (tertiary/aromatic N) is 2. The molecule has 1 amide bonds. The van der Waals surface area contributed by atoms with Crippen LogP contribution in [0.15, 0.2) is 9.42 Å². The van der Waals surface area contributed by atoms with Crippen LogP contribution in [0.3, 0.4) is 0 Å². The summed E-state index contributed by atoms with van der Waals surface area (Å²) in [6.07, 6.45) is 0. The van der Waals surface area contributed by atoms with Crippen LogP contribution in [-0.2, 0) is 14.8 Å². The molecule has 1 aromatic rings. The van der Waals surface area contributed by atoms with Crippen molar-refractivity contribution < 1.29 is 17.7 Å². The number of aryl methyl sites for hydroxylation is 2. The number of carbonyl (C=O) groups excluding carboxylic acids is 1. The van der Waals surface area contributed by atoms with E-state index in [2.05, 4.69) is 10.5 Å². The Morgan fingerprint density at radius 2 is 2.21 bits per heavy atom.